The number of nitrogens with one attached hydrogen (secondary N) is 1. The summed E-state index contributed by atoms with van der Waals surface area (Å²) < 4.78 is 12.3. The molecule has 0 aliphatic carbocycles. The van der Waals surface area contributed by atoms with Gasteiger partial charge in [-0.1, -0.05) is 13.0 Å². The number of rotatable bonds is 7. The molecule has 1 heterocycles. The second-order valence-corrected chi connectivity index (χ2v) is 6.39. The van der Waals surface area contributed by atoms with Crippen molar-refractivity contribution in [3.05, 3.63) is 28.2 Å². The number of hydrogen-bond donors (Lipinski definition) is 1. The Morgan fingerprint density at radius 3 is 2.90 bits per heavy atom. The van der Waals surface area contributed by atoms with Gasteiger partial charge in [0.05, 0.1) is 17.7 Å². The number of ether oxygens (including phenoxy) is 2. The highest BCUT2D eigenvalue weighted by molar-refractivity contribution is 9.10. The molecular weight excluding hydrogens is 330 g/mol. The predicted octanol–water partition coefficient (Wildman–Crippen LogP) is 4.32. The van der Waals surface area contributed by atoms with E-state index in [1.165, 1.54) is 12.0 Å². The fourth-order valence-electron chi connectivity index (χ4n) is 2.87. The highest BCUT2D eigenvalue weighted by Gasteiger charge is 2.25. The Morgan fingerprint density at radius 2 is 2.29 bits per heavy atom. The molecule has 1 aliphatic rings. The normalized spacial score (nSPS) is 20.2. The van der Waals surface area contributed by atoms with Gasteiger partial charge in [-0.05, 0) is 66.4 Å². The molecular formula is C17H26BrNO2. The minimum absolute atomic E-state index is 0.359. The summed E-state index contributed by atoms with van der Waals surface area (Å²) in [6.45, 7) is 7.69. The molecule has 1 aliphatic heterocycles. The first-order valence-electron chi connectivity index (χ1n) is 7.99. The molecule has 0 radical (unpaired) electrons. The van der Waals surface area contributed by atoms with Crippen LogP contribution in [0.5, 0.6) is 5.75 Å². The molecule has 1 aromatic rings. The quantitative estimate of drug-likeness (QED) is 0.790. The first-order valence-corrected chi connectivity index (χ1v) is 8.79. The van der Waals surface area contributed by atoms with Gasteiger partial charge in [-0.15, -0.1) is 0 Å². The second-order valence-electron chi connectivity index (χ2n) is 5.53. The van der Waals surface area contributed by atoms with Gasteiger partial charge in [0, 0.05) is 18.6 Å². The molecule has 2 atom stereocenters. The molecule has 1 fully saturated rings. The van der Waals surface area contributed by atoms with Crippen LogP contribution in [0.3, 0.4) is 0 Å². The molecule has 0 spiro atoms. The van der Waals surface area contributed by atoms with Crippen molar-refractivity contribution < 1.29 is 9.47 Å². The van der Waals surface area contributed by atoms with E-state index >= 15 is 0 Å². The van der Waals surface area contributed by atoms with Gasteiger partial charge in [-0.2, -0.15) is 0 Å². The van der Waals surface area contributed by atoms with Crippen LogP contribution in [0.15, 0.2) is 22.7 Å². The molecule has 0 saturated carbocycles. The van der Waals surface area contributed by atoms with Crippen LogP contribution in [0.25, 0.3) is 0 Å². The van der Waals surface area contributed by atoms with Crippen LogP contribution in [-0.2, 0) is 4.74 Å². The Bertz CT molecular complexity index is 433. The highest BCUT2D eigenvalue weighted by atomic mass is 79.9. The summed E-state index contributed by atoms with van der Waals surface area (Å²) in [7, 11) is 0. The molecule has 2 unspecified atom stereocenters. The highest BCUT2D eigenvalue weighted by Crippen LogP contribution is 2.33. The molecule has 0 aromatic heterocycles. The maximum absolute atomic E-state index is 5.68. The zero-order valence-electron chi connectivity index (χ0n) is 13.0. The van der Waals surface area contributed by atoms with E-state index in [1.54, 1.807) is 0 Å². The van der Waals surface area contributed by atoms with Crippen LogP contribution >= 0.6 is 15.9 Å². The van der Waals surface area contributed by atoms with Gasteiger partial charge in [0.25, 0.3) is 0 Å². The van der Waals surface area contributed by atoms with Crippen molar-refractivity contribution in [3.63, 3.8) is 0 Å². The fourth-order valence-corrected chi connectivity index (χ4v) is 3.38. The molecule has 1 N–H and O–H groups in total. The van der Waals surface area contributed by atoms with Crippen molar-refractivity contribution >= 4 is 15.9 Å². The maximum Gasteiger partial charge on any atom is 0.133 e. The summed E-state index contributed by atoms with van der Waals surface area (Å²) in [5.41, 5.74) is 1.31. The summed E-state index contributed by atoms with van der Waals surface area (Å²) in [4.78, 5) is 0. The van der Waals surface area contributed by atoms with Crippen molar-refractivity contribution in [3.8, 4) is 5.75 Å². The first kappa shape index (κ1) is 16.8. The van der Waals surface area contributed by atoms with E-state index in [0.29, 0.717) is 18.6 Å². The van der Waals surface area contributed by atoms with Crippen molar-refractivity contribution in [2.45, 2.75) is 39.2 Å². The molecule has 1 aromatic carbocycles. The molecule has 0 amide bonds. The molecule has 3 nitrogen and oxygen atoms in total. The number of benzene rings is 1. The largest absolute Gasteiger partial charge is 0.493 e. The van der Waals surface area contributed by atoms with E-state index in [0.717, 1.165) is 42.8 Å². The zero-order valence-corrected chi connectivity index (χ0v) is 14.6. The van der Waals surface area contributed by atoms with Gasteiger partial charge < -0.3 is 14.8 Å². The van der Waals surface area contributed by atoms with Crippen LogP contribution in [0, 0.1) is 5.92 Å². The van der Waals surface area contributed by atoms with E-state index < -0.39 is 0 Å². The van der Waals surface area contributed by atoms with E-state index in [4.69, 9.17) is 9.47 Å². The average molecular weight is 356 g/mol. The lowest BCUT2D eigenvalue weighted by atomic mass is 9.88. The van der Waals surface area contributed by atoms with Crippen molar-refractivity contribution in [1.29, 1.82) is 0 Å². The standard InChI is InChI=1S/C17H26BrNO2/c1-3-9-19-17(14-6-5-10-20-12-14)13-7-8-16(21-4-2)15(18)11-13/h7-8,11,14,17,19H,3-6,9-10,12H2,1-2H3. The Balaban J connectivity index is 2.16. The van der Waals surface area contributed by atoms with Gasteiger partial charge >= 0.3 is 0 Å². The minimum Gasteiger partial charge on any atom is -0.493 e. The summed E-state index contributed by atoms with van der Waals surface area (Å²) in [6, 6.07) is 6.79. The molecule has 4 heteroatoms. The SMILES string of the molecule is CCCNC(c1ccc(OCC)c(Br)c1)C1CCCOC1. The lowest BCUT2D eigenvalue weighted by molar-refractivity contribution is 0.0390. The molecule has 1 saturated heterocycles. The zero-order chi connectivity index (χ0) is 15.1. The van der Waals surface area contributed by atoms with Gasteiger partial charge in [0.15, 0.2) is 0 Å². The monoisotopic (exact) mass is 355 g/mol. The van der Waals surface area contributed by atoms with Crippen molar-refractivity contribution in [1.82, 2.24) is 5.32 Å². The molecule has 0 bridgehead atoms. The van der Waals surface area contributed by atoms with Crippen molar-refractivity contribution in [2.24, 2.45) is 5.92 Å². The number of hydrogen-bond acceptors (Lipinski definition) is 3. The number of halogens is 1. The Kier molecular flexibility index (Phi) is 7.00. The van der Waals surface area contributed by atoms with Gasteiger partial charge in [0.2, 0.25) is 0 Å². The second kappa shape index (κ2) is 8.76. The minimum atomic E-state index is 0.359. The summed E-state index contributed by atoms with van der Waals surface area (Å²) in [5.74, 6) is 1.46. The average Bonchev–Trinajstić information content (AvgIpc) is 2.51. The fraction of sp³-hybridized carbons (Fsp3) is 0.647. The predicted molar refractivity (Wildman–Crippen MR) is 89.9 cm³/mol. The van der Waals surface area contributed by atoms with Crippen LogP contribution < -0.4 is 10.1 Å². The third kappa shape index (κ3) is 4.70. The molecule has 21 heavy (non-hydrogen) atoms. The van der Waals surface area contributed by atoms with E-state index in [2.05, 4.69) is 46.4 Å². The summed E-state index contributed by atoms with van der Waals surface area (Å²) in [5, 5.41) is 3.69. The maximum atomic E-state index is 5.68. The van der Waals surface area contributed by atoms with Crippen LogP contribution in [0.1, 0.15) is 44.7 Å². The lowest BCUT2D eigenvalue weighted by Gasteiger charge is -2.31. The lowest BCUT2D eigenvalue weighted by Crippen LogP contribution is -2.33. The van der Waals surface area contributed by atoms with Gasteiger partial charge in [-0.3, -0.25) is 0 Å². The molecule has 118 valence electrons. The van der Waals surface area contributed by atoms with Crippen LogP contribution in [-0.4, -0.2) is 26.4 Å². The smallest absolute Gasteiger partial charge is 0.133 e. The third-order valence-electron chi connectivity index (χ3n) is 3.90. The van der Waals surface area contributed by atoms with E-state index in [1.807, 2.05) is 6.92 Å². The Hall–Kier alpha value is -0.580. The van der Waals surface area contributed by atoms with Crippen LogP contribution in [0.4, 0.5) is 0 Å². The van der Waals surface area contributed by atoms with Gasteiger partial charge in [-0.25, -0.2) is 0 Å². The summed E-state index contributed by atoms with van der Waals surface area (Å²) >= 11 is 3.62. The first-order chi connectivity index (χ1) is 10.3. The topological polar surface area (TPSA) is 30.5 Å². The Morgan fingerprint density at radius 1 is 1.43 bits per heavy atom. The van der Waals surface area contributed by atoms with Gasteiger partial charge in [0.1, 0.15) is 5.75 Å². The molecule has 2 rings (SSSR count). The van der Waals surface area contributed by atoms with E-state index in [9.17, 15) is 0 Å². The van der Waals surface area contributed by atoms with Crippen LogP contribution in [0.2, 0.25) is 0 Å². The van der Waals surface area contributed by atoms with Crippen molar-refractivity contribution in [2.75, 3.05) is 26.4 Å². The third-order valence-corrected chi connectivity index (χ3v) is 4.52. The summed E-state index contributed by atoms with van der Waals surface area (Å²) in [6.07, 6.45) is 3.53. The Labute approximate surface area is 136 Å². The van der Waals surface area contributed by atoms with E-state index in [-0.39, 0.29) is 0 Å².